The van der Waals surface area contributed by atoms with E-state index in [-0.39, 0.29) is 0 Å². The molecule has 0 aliphatic carbocycles. The van der Waals surface area contributed by atoms with Crippen LogP contribution in [0.3, 0.4) is 0 Å². The third-order valence-corrected chi connectivity index (χ3v) is 1.96. The average Bonchev–Trinajstić information content (AvgIpc) is 2.25. The number of nitrogens with zero attached hydrogens (tertiary/aromatic N) is 2. The van der Waals surface area contributed by atoms with Gasteiger partial charge in [-0.3, -0.25) is 4.68 Å². The summed E-state index contributed by atoms with van der Waals surface area (Å²) in [5.74, 6) is 1.62. The second-order valence-corrected chi connectivity index (χ2v) is 3.14. The van der Waals surface area contributed by atoms with Crippen LogP contribution < -0.4 is 4.74 Å². The molecule has 0 amide bonds. The first-order valence-electron chi connectivity index (χ1n) is 3.90. The zero-order valence-corrected chi connectivity index (χ0v) is 8.56. The lowest BCUT2D eigenvalue weighted by atomic mass is 10.3. The number of thiol groups is 1. The molecule has 0 spiro atoms. The summed E-state index contributed by atoms with van der Waals surface area (Å²) < 4.78 is 7.30. The van der Waals surface area contributed by atoms with Gasteiger partial charge in [0, 0.05) is 12.8 Å². The van der Waals surface area contributed by atoms with E-state index in [2.05, 4.69) is 17.7 Å². The zero-order valence-electron chi connectivity index (χ0n) is 7.66. The number of ether oxygens (including phenoxy) is 1. The Kier molecular flexibility index (Phi) is 3.03. The molecule has 0 fully saturated rings. The van der Waals surface area contributed by atoms with Crippen LogP contribution in [0.15, 0.2) is 0 Å². The Hall–Kier alpha value is -0.640. The first-order chi connectivity index (χ1) is 5.66. The van der Waals surface area contributed by atoms with Crippen LogP contribution in [0.25, 0.3) is 0 Å². The van der Waals surface area contributed by atoms with E-state index in [1.165, 1.54) is 0 Å². The van der Waals surface area contributed by atoms with Crippen LogP contribution >= 0.6 is 12.6 Å². The Morgan fingerprint density at radius 2 is 2.17 bits per heavy atom. The number of aryl methyl sites for hydroxylation is 2. The van der Waals surface area contributed by atoms with Crippen LogP contribution in [-0.2, 0) is 7.05 Å². The minimum atomic E-state index is 0.635. The Balaban J connectivity index is 2.82. The van der Waals surface area contributed by atoms with Crippen LogP contribution in [0, 0.1) is 13.8 Å². The van der Waals surface area contributed by atoms with Gasteiger partial charge in [-0.15, -0.1) is 0 Å². The third kappa shape index (κ3) is 1.75. The largest absolute Gasteiger partial charge is 0.489 e. The fourth-order valence-corrected chi connectivity index (χ4v) is 1.20. The molecule has 0 aliphatic heterocycles. The van der Waals surface area contributed by atoms with Crippen molar-refractivity contribution < 1.29 is 4.74 Å². The van der Waals surface area contributed by atoms with Crippen LogP contribution in [0.2, 0.25) is 0 Å². The molecule has 68 valence electrons. The molecule has 0 aliphatic rings. The van der Waals surface area contributed by atoms with Gasteiger partial charge in [0.15, 0.2) is 5.75 Å². The van der Waals surface area contributed by atoms with Gasteiger partial charge < -0.3 is 4.74 Å². The predicted molar refractivity (Wildman–Crippen MR) is 52.0 cm³/mol. The van der Waals surface area contributed by atoms with Crippen LogP contribution in [0.5, 0.6) is 5.75 Å². The van der Waals surface area contributed by atoms with Gasteiger partial charge in [-0.25, -0.2) is 0 Å². The molecule has 0 aromatic carbocycles. The van der Waals surface area contributed by atoms with Gasteiger partial charge in [0.25, 0.3) is 0 Å². The summed E-state index contributed by atoms with van der Waals surface area (Å²) in [7, 11) is 1.91. The van der Waals surface area contributed by atoms with Gasteiger partial charge in [0.2, 0.25) is 0 Å². The quantitative estimate of drug-likeness (QED) is 0.721. The monoisotopic (exact) mass is 186 g/mol. The van der Waals surface area contributed by atoms with Crippen molar-refractivity contribution >= 4 is 12.6 Å². The maximum atomic E-state index is 5.48. The maximum absolute atomic E-state index is 5.48. The highest BCUT2D eigenvalue weighted by molar-refractivity contribution is 7.80. The molecule has 0 N–H and O–H groups in total. The number of hydrogen-bond acceptors (Lipinski definition) is 3. The first-order valence-corrected chi connectivity index (χ1v) is 4.54. The summed E-state index contributed by atoms with van der Waals surface area (Å²) in [5, 5.41) is 4.23. The zero-order chi connectivity index (χ0) is 9.14. The maximum Gasteiger partial charge on any atom is 0.163 e. The molecular formula is C8H14N2OS. The van der Waals surface area contributed by atoms with Gasteiger partial charge in [0.1, 0.15) is 5.69 Å². The molecule has 1 aromatic rings. The molecule has 0 saturated carbocycles. The Bertz CT molecular complexity index is 270. The van der Waals surface area contributed by atoms with E-state index in [9.17, 15) is 0 Å². The molecule has 0 bridgehead atoms. The van der Waals surface area contributed by atoms with Gasteiger partial charge in [-0.05, 0) is 13.8 Å². The van der Waals surface area contributed by atoms with E-state index in [0.717, 1.165) is 22.9 Å². The van der Waals surface area contributed by atoms with Crippen molar-refractivity contribution in [1.82, 2.24) is 9.78 Å². The number of aromatic nitrogens is 2. The van der Waals surface area contributed by atoms with E-state index in [1.807, 2.05) is 25.6 Å². The van der Waals surface area contributed by atoms with Crippen molar-refractivity contribution in [3.8, 4) is 5.75 Å². The highest BCUT2D eigenvalue weighted by atomic mass is 32.1. The van der Waals surface area contributed by atoms with Crippen LogP contribution in [0.4, 0.5) is 0 Å². The van der Waals surface area contributed by atoms with E-state index in [1.54, 1.807) is 0 Å². The van der Waals surface area contributed by atoms with Crippen molar-refractivity contribution in [3.05, 3.63) is 11.4 Å². The minimum Gasteiger partial charge on any atom is -0.489 e. The smallest absolute Gasteiger partial charge is 0.163 e. The van der Waals surface area contributed by atoms with Crippen molar-refractivity contribution in [2.75, 3.05) is 12.4 Å². The van der Waals surface area contributed by atoms with Gasteiger partial charge in [-0.2, -0.15) is 17.7 Å². The van der Waals surface area contributed by atoms with Gasteiger partial charge in [0.05, 0.1) is 12.3 Å². The third-order valence-electron chi connectivity index (χ3n) is 1.78. The second-order valence-electron chi connectivity index (χ2n) is 2.70. The molecule has 0 atom stereocenters. The lowest BCUT2D eigenvalue weighted by molar-refractivity contribution is 0.339. The summed E-state index contributed by atoms with van der Waals surface area (Å²) in [6, 6.07) is 0. The van der Waals surface area contributed by atoms with E-state index < -0.39 is 0 Å². The van der Waals surface area contributed by atoms with Gasteiger partial charge >= 0.3 is 0 Å². The van der Waals surface area contributed by atoms with E-state index >= 15 is 0 Å². The Labute approximate surface area is 78.1 Å². The lowest BCUT2D eigenvalue weighted by Gasteiger charge is -2.03. The topological polar surface area (TPSA) is 27.1 Å². The fraction of sp³-hybridized carbons (Fsp3) is 0.625. The average molecular weight is 186 g/mol. The van der Waals surface area contributed by atoms with Crippen molar-refractivity contribution in [2.45, 2.75) is 13.8 Å². The number of rotatable bonds is 3. The SMILES string of the molecule is Cc1nn(C)c(C)c1OCCS. The summed E-state index contributed by atoms with van der Waals surface area (Å²) in [6.45, 7) is 4.57. The molecule has 0 unspecified atom stereocenters. The normalized spacial score (nSPS) is 10.3. The molecule has 1 rings (SSSR count). The molecule has 4 heteroatoms. The Morgan fingerprint density at radius 3 is 2.58 bits per heavy atom. The molecule has 1 aromatic heterocycles. The molecule has 3 nitrogen and oxygen atoms in total. The van der Waals surface area contributed by atoms with E-state index in [4.69, 9.17) is 4.74 Å². The predicted octanol–water partition coefficient (Wildman–Crippen LogP) is 1.35. The van der Waals surface area contributed by atoms with Gasteiger partial charge in [-0.1, -0.05) is 0 Å². The first kappa shape index (κ1) is 9.45. The summed E-state index contributed by atoms with van der Waals surface area (Å²) >= 11 is 4.07. The second kappa shape index (κ2) is 3.85. The summed E-state index contributed by atoms with van der Waals surface area (Å²) in [5.41, 5.74) is 2.01. The van der Waals surface area contributed by atoms with Crippen molar-refractivity contribution in [2.24, 2.45) is 7.05 Å². The van der Waals surface area contributed by atoms with Crippen LogP contribution in [-0.4, -0.2) is 22.1 Å². The summed E-state index contributed by atoms with van der Waals surface area (Å²) in [6.07, 6.45) is 0. The summed E-state index contributed by atoms with van der Waals surface area (Å²) in [4.78, 5) is 0. The van der Waals surface area contributed by atoms with E-state index in [0.29, 0.717) is 6.61 Å². The highest BCUT2D eigenvalue weighted by Crippen LogP contribution is 2.20. The standard InChI is InChI=1S/C8H14N2OS/c1-6-8(11-4-5-12)7(2)10(3)9-6/h12H,4-5H2,1-3H3. The minimum absolute atomic E-state index is 0.635. The van der Waals surface area contributed by atoms with Crippen molar-refractivity contribution in [1.29, 1.82) is 0 Å². The highest BCUT2D eigenvalue weighted by Gasteiger charge is 2.09. The molecule has 0 saturated heterocycles. The van der Waals surface area contributed by atoms with Crippen molar-refractivity contribution in [3.63, 3.8) is 0 Å². The molecular weight excluding hydrogens is 172 g/mol. The Morgan fingerprint density at radius 1 is 1.50 bits per heavy atom. The molecule has 12 heavy (non-hydrogen) atoms. The number of hydrogen-bond donors (Lipinski definition) is 1. The molecule has 1 heterocycles. The fourth-order valence-electron chi connectivity index (χ4n) is 1.11. The van der Waals surface area contributed by atoms with Crippen LogP contribution in [0.1, 0.15) is 11.4 Å². The lowest BCUT2D eigenvalue weighted by Crippen LogP contribution is -2.00. The molecule has 0 radical (unpaired) electrons.